The second-order valence-corrected chi connectivity index (χ2v) is 5.66. The summed E-state index contributed by atoms with van der Waals surface area (Å²) in [5.74, 6) is -1.12. The van der Waals surface area contributed by atoms with Crippen molar-refractivity contribution in [1.82, 2.24) is 0 Å². The van der Waals surface area contributed by atoms with Gasteiger partial charge in [0.05, 0.1) is 22.9 Å². The van der Waals surface area contributed by atoms with Crippen LogP contribution in [0.25, 0.3) is 0 Å². The van der Waals surface area contributed by atoms with Gasteiger partial charge in [0.25, 0.3) is 11.8 Å². The fourth-order valence-electron chi connectivity index (χ4n) is 2.81. The van der Waals surface area contributed by atoms with E-state index in [9.17, 15) is 14.0 Å². The Balaban J connectivity index is 2.05. The zero-order valence-corrected chi connectivity index (χ0v) is 13.6. The molecular formula is C19H18FNO3. The van der Waals surface area contributed by atoms with Gasteiger partial charge in [0.2, 0.25) is 0 Å². The molecule has 4 nitrogen and oxygen atoms in total. The first kappa shape index (κ1) is 16.2. The molecule has 0 fully saturated rings. The molecule has 2 amide bonds. The molecule has 0 unspecified atom stereocenters. The Kier molecular flexibility index (Phi) is 4.34. The normalized spacial score (nSPS) is 13.6. The number of carbonyl (C=O) groups excluding carboxylic acids is 2. The van der Waals surface area contributed by atoms with Crippen molar-refractivity contribution in [2.24, 2.45) is 0 Å². The maximum atomic E-state index is 13.8. The Morgan fingerprint density at radius 1 is 1.00 bits per heavy atom. The van der Waals surface area contributed by atoms with Gasteiger partial charge in [0.1, 0.15) is 11.6 Å². The summed E-state index contributed by atoms with van der Waals surface area (Å²) >= 11 is 0. The Bertz CT molecular complexity index is 764. The number of rotatable bonds is 5. The minimum atomic E-state index is -0.529. The summed E-state index contributed by atoms with van der Waals surface area (Å²) < 4.78 is 19.7. The van der Waals surface area contributed by atoms with E-state index in [4.69, 9.17) is 4.74 Å². The van der Waals surface area contributed by atoms with Crippen LogP contribution in [0.1, 0.15) is 47.4 Å². The van der Waals surface area contributed by atoms with Crippen molar-refractivity contribution in [2.45, 2.75) is 32.8 Å². The van der Waals surface area contributed by atoms with Crippen LogP contribution >= 0.6 is 0 Å². The maximum absolute atomic E-state index is 13.8. The molecular weight excluding hydrogens is 309 g/mol. The zero-order chi connectivity index (χ0) is 17.3. The van der Waals surface area contributed by atoms with Crippen LogP contribution in [-0.2, 0) is 0 Å². The molecule has 0 spiro atoms. The van der Waals surface area contributed by atoms with Crippen LogP contribution < -0.4 is 9.64 Å². The smallest absolute Gasteiger partial charge is 0.266 e. The van der Waals surface area contributed by atoms with Gasteiger partial charge in [-0.2, -0.15) is 0 Å². The Labute approximate surface area is 139 Å². The fourth-order valence-corrected chi connectivity index (χ4v) is 2.81. The van der Waals surface area contributed by atoms with E-state index in [1.165, 1.54) is 18.2 Å². The molecule has 0 radical (unpaired) electrons. The number of amides is 2. The number of fused-ring (bicyclic) bond motifs is 1. The molecule has 24 heavy (non-hydrogen) atoms. The van der Waals surface area contributed by atoms with E-state index in [0.717, 1.165) is 17.7 Å². The summed E-state index contributed by atoms with van der Waals surface area (Å²) in [5, 5.41) is 0. The highest BCUT2D eigenvalue weighted by atomic mass is 19.1. The lowest BCUT2D eigenvalue weighted by molar-refractivity contribution is 0.0923. The van der Waals surface area contributed by atoms with E-state index in [0.29, 0.717) is 16.9 Å². The number of benzene rings is 2. The molecule has 124 valence electrons. The number of carbonyl (C=O) groups is 2. The maximum Gasteiger partial charge on any atom is 0.266 e. The highest BCUT2D eigenvalue weighted by Gasteiger charge is 2.38. The summed E-state index contributed by atoms with van der Waals surface area (Å²) in [6.45, 7) is 3.97. The van der Waals surface area contributed by atoms with Gasteiger partial charge in [-0.05, 0) is 37.1 Å². The first-order valence-electron chi connectivity index (χ1n) is 8.00. The molecule has 2 aromatic carbocycles. The van der Waals surface area contributed by atoms with Crippen molar-refractivity contribution in [3.05, 3.63) is 59.4 Å². The standard InChI is InChI=1S/C19H18FNO3/c1-3-13(4-2)24-17-10-9-12(20)11-16(17)21-18(22)14-7-5-6-8-15(14)19(21)23/h5-11,13H,3-4H2,1-2H3. The third-order valence-electron chi connectivity index (χ3n) is 4.16. The average Bonchev–Trinajstić information content (AvgIpc) is 2.85. The predicted molar refractivity (Wildman–Crippen MR) is 89.0 cm³/mol. The van der Waals surface area contributed by atoms with Gasteiger partial charge in [-0.1, -0.05) is 26.0 Å². The number of nitrogens with zero attached hydrogens (tertiary/aromatic N) is 1. The third-order valence-corrected chi connectivity index (χ3v) is 4.16. The Morgan fingerprint density at radius 3 is 2.12 bits per heavy atom. The summed E-state index contributed by atoms with van der Waals surface area (Å²) in [6.07, 6.45) is 1.48. The van der Waals surface area contributed by atoms with Gasteiger partial charge in [-0.15, -0.1) is 0 Å². The lowest BCUT2D eigenvalue weighted by atomic mass is 10.1. The molecule has 1 aliphatic rings. The highest BCUT2D eigenvalue weighted by molar-refractivity contribution is 6.34. The number of halogens is 1. The molecule has 2 aromatic rings. The molecule has 0 bridgehead atoms. The molecule has 3 rings (SSSR count). The number of ether oxygens (including phenoxy) is 1. The first-order valence-corrected chi connectivity index (χ1v) is 8.00. The van der Waals surface area contributed by atoms with E-state index in [1.807, 2.05) is 13.8 Å². The monoisotopic (exact) mass is 327 g/mol. The third kappa shape index (κ3) is 2.66. The lowest BCUT2D eigenvalue weighted by Crippen LogP contribution is -2.30. The molecule has 5 heteroatoms. The van der Waals surface area contributed by atoms with Crippen LogP contribution in [0, 0.1) is 5.82 Å². The average molecular weight is 327 g/mol. The van der Waals surface area contributed by atoms with Crippen molar-refractivity contribution >= 4 is 17.5 Å². The van der Waals surface area contributed by atoms with Gasteiger partial charge >= 0.3 is 0 Å². The van der Waals surface area contributed by atoms with E-state index in [2.05, 4.69) is 0 Å². The Hall–Kier alpha value is -2.69. The van der Waals surface area contributed by atoms with Crippen LogP contribution in [-0.4, -0.2) is 17.9 Å². The van der Waals surface area contributed by atoms with Gasteiger partial charge in [-0.25, -0.2) is 9.29 Å². The topological polar surface area (TPSA) is 46.6 Å². The largest absolute Gasteiger partial charge is 0.488 e. The van der Waals surface area contributed by atoms with Crippen LogP contribution in [0.3, 0.4) is 0 Å². The summed E-state index contributed by atoms with van der Waals surface area (Å²) in [4.78, 5) is 26.2. The van der Waals surface area contributed by atoms with Gasteiger partial charge in [0, 0.05) is 6.07 Å². The molecule has 0 atom stereocenters. The van der Waals surface area contributed by atoms with Crippen LogP contribution in [0.5, 0.6) is 5.75 Å². The number of anilines is 1. The predicted octanol–water partition coefficient (Wildman–Crippen LogP) is 4.19. The molecule has 0 aliphatic carbocycles. The van der Waals surface area contributed by atoms with Gasteiger partial charge < -0.3 is 4.74 Å². The van der Waals surface area contributed by atoms with E-state index in [1.54, 1.807) is 24.3 Å². The molecule has 0 aromatic heterocycles. The second kappa shape index (κ2) is 6.43. The minimum absolute atomic E-state index is 0.0654. The molecule has 0 N–H and O–H groups in total. The molecule has 1 heterocycles. The summed E-state index contributed by atoms with van der Waals surface area (Å²) in [5.41, 5.74) is 0.786. The van der Waals surface area contributed by atoms with E-state index in [-0.39, 0.29) is 11.8 Å². The van der Waals surface area contributed by atoms with Gasteiger partial charge in [0.15, 0.2) is 0 Å². The van der Waals surface area contributed by atoms with E-state index < -0.39 is 17.6 Å². The Morgan fingerprint density at radius 2 is 1.58 bits per heavy atom. The van der Waals surface area contributed by atoms with Gasteiger partial charge in [-0.3, -0.25) is 9.59 Å². The lowest BCUT2D eigenvalue weighted by Gasteiger charge is -2.22. The highest BCUT2D eigenvalue weighted by Crippen LogP contribution is 2.36. The molecule has 1 aliphatic heterocycles. The second-order valence-electron chi connectivity index (χ2n) is 5.66. The fraction of sp³-hybridized carbons (Fsp3) is 0.263. The number of hydrogen-bond donors (Lipinski definition) is 0. The van der Waals surface area contributed by atoms with Crippen molar-refractivity contribution in [3.63, 3.8) is 0 Å². The van der Waals surface area contributed by atoms with E-state index >= 15 is 0 Å². The summed E-state index contributed by atoms with van der Waals surface area (Å²) in [6, 6.07) is 10.5. The van der Waals surface area contributed by atoms with Crippen molar-refractivity contribution < 1.29 is 18.7 Å². The van der Waals surface area contributed by atoms with Crippen LogP contribution in [0.2, 0.25) is 0 Å². The molecule has 0 saturated heterocycles. The first-order chi connectivity index (χ1) is 11.6. The summed E-state index contributed by atoms with van der Waals surface area (Å²) in [7, 11) is 0. The molecule has 0 saturated carbocycles. The van der Waals surface area contributed by atoms with Crippen LogP contribution in [0.4, 0.5) is 10.1 Å². The van der Waals surface area contributed by atoms with Crippen molar-refractivity contribution in [1.29, 1.82) is 0 Å². The van der Waals surface area contributed by atoms with Crippen LogP contribution in [0.15, 0.2) is 42.5 Å². The quantitative estimate of drug-likeness (QED) is 0.774. The number of hydrogen-bond acceptors (Lipinski definition) is 3. The SMILES string of the molecule is CCC(CC)Oc1ccc(F)cc1N1C(=O)c2ccccc2C1=O. The van der Waals surface area contributed by atoms with Crippen molar-refractivity contribution in [2.75, 3.05) is 4.90 Å². The minimum Gasteiger partial charge on any atom is -0.488 e. The van der Waals surface area contributed by atoms with Crippen molar-refractivity contribution in [3.8, 4) is 5.75 Å². The number of imide groups is 1. The zero-order valence-electron chi connectivity index (χ0n) is 13.6.